The monoisotopic (exact) mass is 361 g/mol. The van der Waals surface area contributed by atoms with Crippen LogP contribution < -0.4 is 16.0 Å². The van der Waals surface area contributed by atoms with E-state index in [1.807, 2.05) is 13.8 Å². The molecule has 1 aromatic carbocycles. The fraction of sp³-hybridized carbons (Fsp3) is 0.526. The normalized spacial score (nSPS) is 22.5. The molecule has 0 aliphatic heterocycles. The number of anilines is 1. The molecular formula is C19H27N3O4. The molecule has 0 saturated heterocycles. The molecule has 0 aromatic heterocycles. The molecule has 7 heteroatoms. The molecule has 1 aliphatic carbocycles. The van der Waals surface area contributed by atoms with Crippen molar-refractivity contribution < 1.29 is 19.5 Å². The lowest BCUT2D eigenvalue weighted by molar-refractivity contribution is -0.145. The van der Waals surface area contributed by atoms with Gasteiger partial charge in [-0.25, -0.2) is 4.79 Å². The number of urea groups is 1. The molecule has 1 fully saturated rings. The maximum atomic E-state index is 12.7. The molecule has 1 saturated carbocycles. The Labute approximate surface area is 153 Å². The third-order valence-corrected chi connectivity index (χ3v) is 4.71. The average molecular weight is 361 g/mol. The number of hydrogen-bond acceptors (Lipinski definition) is 3. The zero-order chi connectivity index (χ0) is 19.3. The topological polar surface area (TPSA) is 108 Å². The molecule has 0 heterocycles. The van der Waals surface area contributed by atoms with Crippen molar-refractivity contribution in [3.8, 4) is 0 Å². The van der Waals surface area contributed by atoms with Gasteiger partial charge < -0.3 is 21.1 Å². The third kappa shape index (κ3) is 4.97. The molecule has 1 aliphatic rings. The fourth-order valence-corrected chi connectivity index (χ4v) is 3.38. The number of rotatable bonds is 5. The van der Waals surface area contributed by atoms with E-state index in [-0.39, 0.29) is 18.0 Å². The first-order valence-electron chi connectivity index (χ1n) is 8.94. The highest BCUT2D eigenvalue weighted by Crippen LogP contribution is 2.34. The first-order valence-corrected chi connectivity index (χ1v) is 8.94. The van der Waals surface area contributed by atoms with Crippen molar-refractivity contribution in [1.29, 1.82) is 0 Å². The van der Waals surface area contributed by atoms with Crippen LogP contribution in [0.4, 0.5) is 10.5 Å². The van der Waals surface area contributed by atoms with Crippen LogP contribution in [0.15, 0.2) is 24.3 Å². The maximum absolute atomic E-state index is 12.7. The minimum atomic E-state index is -0.881. The SMILES string of the molecule is CC(C)NC(=O)Nc1cccc(C(=O)NC2(C)CCCCC2C(=O)O)c1. The molecule has 4 N–H and O–H groups in total. The van der Waals surface area contributed by atoms with Crippen LogP contribution in [0.2, 0.25) is 0 Å². The van der Waals surface area contributed by atoms with Gasteiger partial charge in [-0.2, -0.15) is 0 Å². The van der Waals surface area contributed by atoms with Crippen LogP contribution in [0.1, 0.15) is 56.8 Å². The largest absolute Gasteiger partial charge is 0.481 e. The fourth-order valence-electron chi connectivity index (χ4n) is 3.38. The van der Waals surface area contributed by atoms with Crippen molar-refractivity contribution in [2.75, 3.05) is 5.32 Å². The summed E-state index contributed by atoms with van der Waals surface area (Å²) in [6, 6.07) is 6.25. The Morgan fingerprint density at radius 3 is 2.62 bits per heavy atom. The van der Waals surface area contributed by atoms with Crippen LogP contribution in [0, 0.1) is 5.92 Å². The summed E-state index contributed by atoms with van der Waals surface area (Å²) in [5, 5.41) is 17.8. The Morgan fingerprint density at radius 1 is 1.23 bits per heavy atom. The first-order chi connectivity index (χ1) is 12.2. The lowest BCUT2D eigenvalue weighted by Crippen LogP contribution is -2.55. The predicted molar refractivity (Wildman–Crippen MR) is 99.2 cm³/mol. The van der Waals surface area contributed by atoms with Crippen LogP contribution in [0.5, 0.6) is 0 Å². The Kier molecular flexibility index (Phi) is 6.23. The number of nitrogens with one attached hydrogen (secondary N) is 3. The van der Waals surface area contributed by atoms with Gasteiger partial charge in [-0.15, -0.1) is 0 Å². The van der Waals surface area contributed by atoms with E-state index in [1.54, 1.807) is 31.2 Å². The molecule has 26 heavy (non-hydrogen) atoms. The highest BCUT2D eigenvalue weighted by Gasteiger charge is 2.42. The van der Waals surface area contributed by atoms with Gasteiger partial charge in [-0.1, -0.05) is 18.9 Å². The number of carbonyl (C=O) groups excluding carboxylic acids is 2. The summed E-state index contributed by atoms with van der Waals surface area (Å²) in [5.41, 5.74) is 0.0993. The van der Waals surface area contributed by atoms with E-state index in [2.05, 4.69) is 16.0 Å². The van der Waals surface area contributed by atoms with E-state index in [4.69, 9.17) is 0 Å². The Bertz CT molecular complexity index is 689. The van der Waals surface area contributed by atoms with E-state index in [9.17, 15) is 19.5 Å². The zero-order valence-corrected chi connectivity index (χ0v) is 15.5. The Balaban J connectivity index is 2.10. The van der Waals surface area contributed by atoms with Gasteiger partial charge in [0.2, 0.25) is 0 Å². The molecule has 0 bridgehead atoms. The van der Waals surface area contributed by atoms with Gasteiger partial charge in [0.1, 0.15) is 0 Å². The summed E-state index contributed by atoms with van der Waals surface area (Å²) in [5.74, 6) is -1.82. The Hall–Kier alpha value is -2.57. The molecule has 3 amide bonds. The predicted octanol–water partition coefficient (Wildman–Crippen LogP) is 2.98. The molecule has 7 nitrogen and oxygen atoms in total. The number of aliphatic carboxylic acids is 1. The van der Waals surface area contributed by atoms with Gasteiger partial charge in [0.15, 0.2) is 0 Å². The highest BCUT2D eigenvalue weighted by molar-refractivity contribution is 5.97. The average Bonchev–Trinajstić information content (AvgIpc) is 2.53. The number of amides is 3. The van der Waals surface area contributed by atoms with Crippen molar-refractivity contribution in [3.63, 3.8) is 0 Å². The van der Waals surface area contributed by atoms with E-state index < -0.39 is 17.4 Å². The second-order valence-corrected chi connectivity index (χ2v) is 7.34. The molecule has 0 spiro atoms. The number of benzene rings is 1. The van der Waals surface area contributed by atoms with Crippen molar-refractivity contribution in [2.24, 2.45) is 5.92 Å². The summed E-state index contributed by atoms with van der Waals surface area (Å²) >= 11 is 0. The van der Waals surface area contributed by atoms with Gasteiger partial charge in [0.05, 0.1) is 11.5 Å². The van der Waals surface area contributed by atoms with E-state index in [0.717, 1.165) is 12.8 Å². The van der Waals surface area contributed by atoms with Crippen molar-refractivity contribution in [2.45, 2.75) is 58.0 Å². The maximum Gasteiger partial charge on any atom is 0.319 e. The second-order valence-electron chi connectivity index (χ2n) is 7.34. The molecule has 0 radical (unpaired) electrons. The summed E-state index contributed by atoms with van der Waals surface area (Å²) in [4.78, 5) is 36.0. The van der Waals surface area contributed by atoms with Gasteiger partial charge >= 0.3 is 12.0 Å². The lowest BCUT2D eigenvalue weighted by atomic mass is 9.73. The van der Waals surface area contributed by atoms with Gasteiger partial charge in [-0.3, -0.25) is 9.59 Å². The van der Waals surface area contributed by atoms with Crippen molar-refractivity contribution >= 4 is 23.6 Å². The van der Waals surface area contributed by atoms with Gasteiger partial charge in [0, 0.05) is 17.3 Å². The summed E-state index contributed by atoms with van der Waals surface area (Å²) < 4.78 is 0. The molecule has 2 atom stereocenters. The van der Waals surface area contributed by atoms with Crippen molar-refractivity contribution in [3.05, 3.63) is 29.8 Å². The van der Waals surface area contributed by atoms with Crippen LogP contribution in [-0.4, -0.2) is 34.6 Å². The standard InChI is InChI=1S/C19H27N3O4/c1-12(2)20-18(26)21-14-8-6-7-13(11-14)16(23)22-19(3)10-5-4-9-15(19)17(24)25/h6-8,11-12,15H,4-5,9-10H2,1-3H3,(H,22,23)(H,24,25)(H2,20,21,26). The first kappa shape index (κ1) is 19.8. The smallest absolute Gasteiger partial charge is 0.319 e. The number of hydrogen-bond donors (Lipinski definition) is 4. The molecule has 2 rings (SSSR count). The minimum absolute atomic E-state index is 0.000634. The van der Waals surface area contributed by atoms with E-state index in [0.29, 0.717) is 24.1 Å². The molecule has 1 aromatic rings. The summed E-state index contributed by atoms with van der Waals surface area (Å²) in [6.45, 7) is 5.50. The van der Waals surface area contributed by atoms with Crippen LogP contribution in [0.25, 0.3) is 0 Å². The van der Waals surface area contributed by atoms with Crippen LogP contribution in [0.3, 0.4) is 0 Å². The van der Waals surface area contributed by atoms with E-state index in [1.165, 1.54) is 0 Å². The van der Waals surface area contributed by atoms with Gasteiger partial charge in [0.25, 0.3) is 5.91 Å². The Morgan fingerprint density at radius 2 is 1.96 bits per heavy atom. The molecule has 2 unspecified atom stereocenters. The number of carboxylic acid groups (broad SMARTS) is 1. The lowest BCUT2D eigenvalue weighted by Gasteiger charge is -2.39. The number of carboxylic acids is 1. The quantitative estimate of drug-likeness (QED) is 0.646. The zero-order valence-electron chi connectivity index (χ0n) is 15.5. The molecule has 142 valence electrons. The number of carbonyl (C=O) groups is 3. The van der Waals surface area contributed by atoms with Crippen LogP contribution >= 0.6 is 0 Å². The minimum Gasteiger partial charge on any atom is -0.481 e. The summed E-state index contributed by atoms with van der Waals surface area (Å²) in [7, 11) is 0. The van der Waals surface area contributed by atoms with E-state index >= 15 is 0 Å². The second kappa shape index (κ2) is 8.21. The molecular weight excluding hydrogens is 334 g/mol. The van der Waals surface area contributed by atoms with Crippen LogP contribution in [-0.2, 0) is 4.79 Å². The summed E-state index contributed by atoms with van der Waals surface area (Å²) in [6.07, 6.45) is 2.93. The highest BCUT2D eigenvalue weighted by atomic mass is 16.4. The van der Waals surface area contributed by atoms with Gasteiger partial charge in [-0.05, 0) is 51.8 Å². The van der Waals surface area contributed by atoms with Crippen molar-refractivity contribution in [1.82, 2.24) is 10.6 Å². The third-order valence-electron chi connectivity index (χ3n) is 4.71.